The van der Waals surface area contributed by atoms with Gasteiger partial charge in [-0.2, -0.15) is 0 Å². The minimum Gasteiger partial charge on any atom is -0.461 e. The zero-order valence-corrected chi connectivity index (χ0v) is 22.3. The lowest BCUT2D eigenvalue weighted by Crippen LogP contribution is -2.59. The number of anilines is 1. The van der Waals surface area contributed by atoms with Crippen LogP contribution in [0.1, 0.15) is 33.6 Å². The summed E-state index contributed by atoms with van der Waals surface area (Å²) in [6.07, 6.45) is 3.89. The van der Waals surface area contributed by atoms with E-state index in [0.29, 0.717) is 23.6 Å². The van der Waals surface area contributed by atoms with Gasteiger partial charge in [0.25, 0.3) is 5.91 Å². The molecule has 3 aliphatic heterocycles. The topological polar surface area (TPSA) is 96.4 Å². The van der Waals surface area contributed by atoms with Gasteiger partial charge >= 0.3 is 5.97 Å². The zero-order valence-electron chi connectivity index (χ0n) is 21.6. The number of carbonyl (C=O) groups is 3. The number of hydrogen-bond acceptors (Lipinski definition) is 6. The lowest BCUT2D eigenvalue weighted by molar-refractivity contribution is -0.161. The second kappa shape index (κ2) is 10.2. The molecule has 1 N–H and O–H groups in total. The maximum Gasteiger partial charge on any atom is 0.313 e. The van der Waals surface area contributed by atoms with Gasteiger partial charge in [0.1, 0.15) is 24.2 Å². The van der Waals surface area contributed by atoms with Crippen molar-refractivity contribution in [1.29, 1.82) is 0 Å². The number of benzene rings is 1. The van der Waals surface area contributed by atoms with Crippen molar-refractivity contribution in [1.82, 2.24) is 4.90 Å². The molecule has 3 aliphatic rings. The Hall–Kier alpha value is -2.68. The second-order valence-electron chi connectivity index (χ2n) is 10.3. The number of para-hydroxylation sites is 1. The monoisotopic (exact) mass is 530 g/mol. The van der Waals surface area contributed by atoms with E-state index in [2.05, 4.69) is 13.2 Å². The number of hydrogen-bond donors (Lipinski definition) is 1. The number of nitrogens with zero attached hydrogens (tertiary/aromatic N) is 2. The third kappa shape index (κ3) is 4.01. The standard InChI is InChI=1S/C28H35ClN2O6/c1-6-13-30(20-12-10-9-11-19(20)29)25(34)23-28-15-17(4)27(5,37-28)22(26(35)36-14-7-2)21(28)24(33)31(23)18(8-3)16-32/h6-7,9-12,17-18,21-23,32H,1-2,8,13-16H2,3-5H3/t17?,18-,21-,22+,23?,27-,28?/m0/s1. The first-order valence-electron chi connectivity index (χ1n) is 12.7. The Bertz CT molecular complexity index is 1110. The summed E-state index contributed by atoms with van der Waals surface area (Å²) in [5.74, 6) is -3.27. The van der Waals surface area contributed by atoms with Gasteiger partial charge in [0, 0.05) is 6.54 Å². The van der Waals surface area contributed by atoms with Crippen LogP contribution >= 0.6 is 11.6 Å². The summed E-state index contributed by atoms with van der Waals surface area (Å²) in [6, 6.07) is 5.26. The Kier molecular flexibility index (Phi) is 7.57. The molecule has 3 fully saturated rings. The van der Waals surface area contributed by atoms with Crippen LogP contribution in [0.2, 0.25) is 5.02 Å². The van der Waals surface area contributed by atoms with E-state index >= 15 is 0 Å². The quantitative estimate of drug-likeness (QED) is 0.368. The Morgan fingerprint density at radius 1 is 1.35 bits per heavy atom. The van der Waals surface area contributed by atoms with E-state index in [1.807, 2.05) is 20.8 Å². The molecule has 3 unspecified atom stereocenters. The van der Waals surface area contributed by atoms with Gasteiger partial charge < -0.3 is 24.4 Å². The van der Waals surface area contributed by atoms with Gasteiger partial charge in [0.05, 0.1) is 34.9 Å². The third-order valence-corrected chi connectivity index (χ3v) is 8.70. The molecule has 0 radical (unpaired) electrons. The van der Waals surface area contributed by atoms with E-state index < -0.39 is 47.0 Å². The van der Waals surface area contributed by atoms with Crippen molar-refractivity contribution >= 4 is 35.1 Å². The molecule has 0 aromatic heterocycles. The number of esters is 1. The van der Waals surface area contributed by atoms with Crippen molar-refractivity contribution in [3.05, 3.63) is 54.6 Å². The Morgan fingerprint density at radius 2 is 2.05 bits per heavy atom. The molecule has 200 valence electrons. The molecule has 1 aromatic rings. The molecule has 1 aromatic carbocycles. The van der Waals surface area contributed by atoms with Crippen LogP contribution in [0.25, 0.3) is 0 Å². The van der Waals surface area contributed by atoms with Crippen molar-refractivity contribution in [3.63, 3.8) is 0 Å². The summed E-state index contributed by atoms with van der Waals surface area (Å²) >= 11 is 6.49. The first-order valence-corrected chi connectivity index (χ1v) is 13.1. The maximum atomic E-state index is 14.5. The summed E-state index contributed by atoms with van der Waals surface area (Å²) < 4.78 is 12.1. The van der Waals surface area contributed by atoms with Crippen molar-refractivity contribution in [2.45, 2.75) is 56.9 Å². The van der Waals surface area contributed by atoms with Crippen molar-refractivity contribution in [2.24, 2.45) is 17.8 Å². The highest BCUT2D eigenvalue weighted by Gasteiger charge is 2.80. The summed E-state index contributed by atoms with van der Waals surface area (Å²) in [5.41, 5.74) is -1.77. The molecule has 7 atom stereocenters. The second-order valence-corrected chi connectivity index (χ2v) is 10.7. The number of aliphatic hydroxyl groups excluding tert-OH is 1. The summed E-state index contributed by atoms with van der Waals surface area (Å²) in [7, 11) is 0. The number of amides is 2. The minimum atomic E-state index is -1.26. The van der Waals surface area contributed by atoms with Gasteiger partial charge in [-0.3, -0.25) is 14.4 Å². The molecule has 4 rings (SSSR count). The van der Waals surface area contributed by atoms with Crippen molar-refractivity contribution < 1.29 is 29.0 Å². The fourth-order valence-electron chi connectivity index (χ4n) is 6.61. The number of aliphatic hydroxyl groups is 1. The van der Waals surface area contributed by atoms with E-state index in [4.69, 9.17) is 21.1 Å². The van der Waals surface area contributed by atoms with Gasteiger partial charge in [-0.1, -0.05) is 56.3 Å². The number of likely N-dealkylation sites (tertiary alicyclic amines) is 1. The molecular formula is C28H35ClN2O6. The Labute approximate surface area is 222 Å². The van der Waals surface area contributed by atoms with Crippen LogP contribution in [0.5, 0.6) is 0 Å². The van der Waals surface area contributed by atoms with E-state index in [0.717, 1.165) is 0 Å². The van der Waals surface area contributed by atoms with Gasteiger partial charge in [-0.25, -0.2) is 0 Å². The SMILES string of the molecule is C=CCOC(=O)[C@H]1[C@H]2C(=O)N([C@@H](CC)CO)C(C(=O)N(CC=C)c3ccccc3Cl)C23CC(C)[C@]1(C)O3. The van der Waals surface area contributed by atoms with E-state index in [1.54, 1.807) is 30.3 Å². The molecule has 2 bridgehead atoms. The molecule has 1 spiro atoms. The molecule has 3 heterocycles. The van der Waals surface area contributed by atoms with E-state index in [1.165, 1.54) is 15.9 Å². The Balaban J connectivity index is 1.87. The highest BCUT2D eigenvalue weighted by atomic mass is 35.5. The number of fused-ring (bicyclic) bond motifs is 1. The van der Waals surface area contributed by atoms with Crippen LogP contribution in [0.4, 0.5) is 5.69 Å². The summed E-state index contributed by atoms with van der Waals surface area (Å²) in [6.45, 7) is 12.9. The van der Waals surface area contributed by atoms with Crippen LogP contribution in [-0.4, -0.2) is 70.8 Å². The highest BCUT2D eigenvalue weighted by Crippen LogP contribution is 2.65. The van der Waals surface area contributed by atoms with Gasteiger partial charge in [0.15, 0.2) is 0 Å². The van der Waals surface area contributed by atoms with Gasteiger partial charge in [-0.15, -0.1) is 6.58 Å². The molecule has 9 heteroatoms. The number of rotatable bonds is 10. The smallest absolute Gasteiger partial charge is 0.313 e. The van der Waals surface area contributed by atoms with E-state index in [9.17, 15) is 19.5 Å². The molecule has 2 amide bonds. The number of ether oxygens (including phenoxy) is 2. The van der Waals surface area contributed by atoms with Crippen LogP contribution in [0.15, 0.2) is 49.6 Å². The Morgan fingerprint density at radius 3 is 2.65 bits per heavy atom. The van der Waals surface area contributed by atoms with E-state index in [-0.39, 0.29) is 31.6 Å². The average Bonchev–Trinajstić information content (AvgIpc) is 3.39. The van der Waals surface area contributed by atoms with Crippen LogP contribution in [0.3, 0.4) is 0 Å². The predicted molar refractivity (Wildman–Crippen MR) is 140 cm³/mol. The normalized spacial score (nSPS) is 32.7. The molecule has 3 saturated heterocycles. The zero-order chi connectivity index (χ0) is 27.1. The minimum absolute atomic E-state index is 0.00756. The van der Waals surface area contributed by atoms with Crippen molar-refractivity contribution in [2.75, 3.05) is 24.7 Å². The molecule has 8 nitrogen and oxygen atoms in total. The van der Waals surface area contributed by atoms with Crippen molar-refractivity contribution in [3.8, 4) is 0 Å². The number of halogens is 1. The first kappa shape index (κ1) is 27.4. The fraction of sp³-hybridized carbons (Fsp3) is 0.536. The molecule has 37 heavy (non-hydrogen) atoms. The largest absolute Gasteiger partial charge is 0.461 e. The predicted octanol–water partition coefficient (Wildman–Crippen LogP) is 3.37. The lowest BCUT2D eigenvalue weighted by atomic mass is 9.62. The first-order chi connectivity index (χ1) is 17.6. The van der Waals surface area contributed by atoms with Crippen LogP contribution in [-0.2, 0) is 23.9 Å². The number of carbonyl (C=O) groups excluding carboxylic acids is 3. The lowest BCUT2D eigenvalue weighted by Gasteiger charge is -2.39. The summed E-state index contributed by atoms with van der Waals surface area (Å²) in [4.78, 5) is 44.9. The van der Waals surface area contributed by atoms with Gasteiger partial charge in [0.2, 0.25) is 5.91 Å². The fourth-order valence-corrected chi connectivity index (χ4v) is 6.84. The molecule has 0 saturated carbocycles. The maximum absolute atomic E-state index is 14.5. The highest BCUT2D eigenvalue weighted by molar-refractivity contribution is 6.34. The van der Waals surface area contributed by atoms with Crippen LogP contribution in [0, 0.1) is 17.8 Å². The molecule has 0 aliphatic carbocycles. The third-order valence-electron chi connectivity index (χ3n) is 8.38. The summed E-state index contributed by atoms with van der Waals surface area (Å²) in [5, 5.41) is 10.6. The average molecular weight is 531 g/mol. The molecular weight excluding hydrogens is 496 g/mol. The van der Waals surface area contributed by atoms with Crippen LogP contribution < -0.4 is 4.90 Å². The van der Waals surface area contributed by atoms with Gasteiger partial charge in [-0.05, 0) is 37.8 Å².